The molecule has 0 fully saturated rings. The molecular formula is C52H96O6. The molecule has 0 heterocycles. The Balaban J connectivity index is 4.32. The van der Waals surface area contributed by atoms with Crippen LogP contribution in [0.5, 0.6) is 0 Å². The van der Waals surface area contributed by atoms with Crippen molar-refractivity contribution < 1.29 is 28.6 Å². The number of carbonyl (C=O) groups excluding carboxylic acids is 3. The first-order valence-electron chi connectivity index (χ1n) is 25.3. The van der Waals surface area contributed by atoms with Gasteiger partial charge in [-0.1, -0.05) is 212 Å². The molecule has 0 aliphatic rings. The van der Waals surface area contributed by atoms with Crippen molar-refractivity contribution in [3.63, 3.8) is 0 Å². The number of ether oxygens (including phenoxy) is 3. The molecule has 340 valence electrons. The minimum absolute atomic E-state index is 0.0807. The third-order valence-corrected chi connectivity index (χ3v) is 11.2. The highest BCUT2D eigenvalue weighted by Crippen LogP contribution is 2.15. The molecule has 0 aromatic heterocycles. The fourth-order valence-corrected chi connectivity index (χ4v) is 7.32. The third-order valence-electron chi connectivity index (χ3n) is 11.2. The SMILES string of the molecule is CCCCCC/C=C\CCCC(=O)OCC(COC(=O)CCCCCCC/C=C\CCCCCCCCC)OC(=O)CCCCCCCCCCCCCCCCC. The molecule has 58 heavy (non-hydrogen) atoms. The van der Waals surface area contributed by atoms with E-state index >= 15 is 0 Å². The molecule has 0 aliphatic heterocycles. The Morgan fingerprint density at radius 3 is 0.948 bits per heavy atom. The lowest BCUT2D eigenvalue weighted by Crippen LogP contribution is -2.30. The maximum Gasteiger partial charge on any atom is 0.306 e. The molecule has 0 amide bonds. The highest BCUT2D eigenvalue weighted by Gasteiger charge is 2.19. The van der Waals surface area contributed by atoms with Gasteiger partial charge in [0.1, 0.15) is 13.2 Å². The van der Waals surface area contributed by atoms with E-state index in [2.05, 4.69) is 45.1 Å². The van der Waals surface area contributed by atoms with Crippen LogP contribution in [0, 0.1) is 0 Å². The maximum absolute atomic E-state index is 12.8. The fourth-order valence-electron chi connectivity index (χ4n) is 7.32. The summed E-state index contributed by atoms with van der Waals surface area (Å²) in [5.74, 6) is -0.914. The molecule has 0 saturated heterocycles. The van der Waals surface area contributed by atoms with Gasteiger partial charge in [-0.15, -0.1) is 0 Å². The summed E-state index contributed by atoms with van der Waals surface area (Å²) < 4.78 is 16.7. The van der Waals surface area contributed by atoms with Crippen LogP contribution in [0.1, 0.15) is 271 Å². The van der Waals surface area contributed by atoms with Crippen molar-refractivity contribution in [2.24, 2.45) is 0 Å². The van der Waals surface area contributed by atoms with Crippen LogP contribution >= 0.6 is 0 Å². The first-order valence-corrected chi connectivity index (χ1v) is 25.3. The maximum atomic E-state index is 12.8. The van der Waals surface area contributed by atoms with Crippen molar-refractivity contribution in [3.05, 3.63) is 24.3 Å². The van der Waals surface area contributed by atoms with Gasteiger partial charge in [0.15, 0.2) is 6.10 Å². The predicted octanol–water partition coefficient (Wildman–Crippen LogP) is 16.4. The van der Waals surface area contributed by atoms with Crippen molar-refractivity contribution in [1.82, 2.24) is 0 Å². The van der Waals surface area contributed by atoms with E-state index in [4.69, 9.17) is 14.2 Å². The van der Waals surface area contributed by atoms with Gasteiger partial charge in [-0.05, 0) is 64.2 Å². The van der Waals surface area contributed by atoms with Gasteiger partial charge >= 0.3 is 17.9 Å². The minimum atomic E-state index is -0.779. The van der Waals surface area contributed by atoms with E-state index in [-0.39, 0.29) is 31.1 Å². The van der Waals surface area contributed by atoms with Crippen LogP contribution in [0.15, 0.2) is 24.3 Å². The highest BCUT2D eigenvalue weighted by molar-refractivity contribution is 5.71. The summed E-state index contributed by atoms with van der Waals surface area (Å²) in [6, 6.07) is 0. The van der Waals surface area contributed by atoms with E-state index < -0.39 is 6.10 Å². The van der Waals surface area contributed by atoms with Crippen molar-refractivity contribution in [2.75, 3.05) is 13.2 Å². The molecule has 0 aliphatic carbocycles. The largest absolute Gasteiger partial charge is 0.462 e. The van der Waals surface area contributed by atoms with Crippen LogP contribution in [0.25, 0.3) is 0 Å². The van der Waals surface area contributed by atoms with Crippen LogP contribution < -0.4 is 0 Å². The predicted molar refractivity (Wildman–Crippen MR) is 247 cm³/mol. The van der Waals surface area contributed by atoms with Gasteiger partial charge in [0, 0.05) is 19.3 Å². The van der Waals surface area contributed by atoms with Gasteiger partial charge < -0.3 is 14.2 Å². The zero-order valence-electron chi connectivity index (χ0n) is 38.8. The van der Waals surface area contributed by atoms with Gasteiger partial charge in [0.05, 0.1) is 0 Å². The zero-order valence-corrected chi connectivity index (χ0v) is 38.8. The van der Waals surface area contributed by atoms with Gasteiger partial charge in [0.2, 0.25) is 0 Å². The summed E-state index contributed by atoms with van der Waals surface area (Å²) in [5.41, 5.74) is 0. The Morgan fingerprint density at radius 2 is 0.586 bits per heavy atom. The summed E-state index contributed by atoms with van der Waals surface area (Å²) in [7, 11) is 0. The van der Waals surface area contributed by atoms with Crippen LogP contribution in [-0.2, 0) is 28.6 Å². The fraction of sp³-hybridized carbons (Fsp3) is 0.865. The lowest BCUT2D eigenvalue weighted by Gasteiger charge is -2.18. The minimum Gasteiger partial charge on any atom is -0.462 e. The molecule has 6 nitrogen and oxygen atoms in total. The van der Waals surface area contributed by atoms with Gasteiger partial charge in [-0.25, -0.2) is 0 Å². The number of esters is 3. The van der Waals surface area contributed by atoms with E-state index in [1.165, 1.54) is 167 Å². The number of carbonyl (C=O) groups is 3. The Morgan fingerprint density at radius 1 is 0.328 bits per heavy atom. The summed E-state index contributed by atoms with van der Waals surface area (Å²) in [6.07, 6.45) is 53.1. The van der Waals surface area contributed by atoms with E-state index in [9.17, 15) is 14.4 Å². The normalized spacial score (nSPS) is 12.1. The molecular weight excluding hydrogens is 721 g/mol. The topological polar surface area (TPSA) is 78.9 Å². The number of unbranched alkanes of at least 4 members (excludes halogenated alkanes) is 31. The lowest BCUT2D eigenvalue weighted by atomic mass is 10.0. The van der Waals surface area contributed by atoms with Crippen LogP contribution in [0.2, 0.25) is 0 Å². The van der Waals surface area contributed by atoms with Crippen LogP contribution in [0.3, 0.4) is 0 Å². The van der Waals surface area contributed by atoms with Crippen molar-refractivity contribution in [3.8, 4) is 0 Å². The second-order valence-corrected chi connectivity index (χ2v) is 17.1. The molecule has 0 spiro atoms. The molecule has 0 bridgehead atoms. The van der Waals surface area contributed by atoms with Crippen molar-refractivity contribution >= 4 is 17.9 Å². The zero-order chi connectivity index (χ0) is 42.3. The summed E-state index contributed by atoms with van der Waals surface area (Å²) >= 11 is 0. The molecule has 0 radical (unpaired) electrons. The summed E-state index contributed by atoms with van der Waals surface area (Å²) in [4.78, 5) is 37.8. The molecule has 1 atom stereocenters. The van der Waals surface area contributed by atoms with Crippen molar-refractivity contribution in [2.45, 2.75) is 277 Å². The average molecular weight is 817 g/mol. The Bertz CT molecular complexity index is 942. The number of hydrogen-bond donors (Lipinski definition) is 0. The van der Waals surface area contributed by atoms with Gasteiger partial charge in [0.25, 0.3) is 0 Å². The third kappa shape index (κ3) is 45.0. The van der Waals surface area contributed by atoms with Gasteiger partial charge in [-0.3, -0.25) is 14.4 Å². The standard InChI is InChI=1S/C52H96O6/c1-4-7-10-13-16-19-21-23-25-27-28-30-33-36-39-42-45-51(54)57-48-49(47-56-50(53)44-41-38-35-32-18-15-12-9-6-3)58-52(55)46-43-40-37-34-31-29-26-24-22-20-17-14-11-8-5-2/h25,27,32,35,49H,4-24,26,28-31,33-34,36-48H2,1-3H3/b27-25-,35-32-. The molecule has 1 unspecified atom stereocenters. The van der Waals surface area contributed by atoms with E-state index in [0.717, 1.165) is 64.2 Å². The van der Waals surface area contributed by atoms with Crippen LogP contribution in [-0.4, -0.2) is 37.2 Å². The Kier molecular flexibility index (Phi) is 45.8. The average Bonchev–Trinajstić information content (AvgIpc) is 3.22. The molecule has 0 N–H and O–H groups in total. The molecule has 0 aromatic carbocycles. The van der Waals surface area contributed by atoms with Crippen molar-refractivity contribution in [1.29, 1.82) is 0 Å². The number of hydrogen-bond acceptors (Lipinski definition) is 6. The molecule has 6 heteroatoms. The monoisotopic (exact) mass is 817 g/mol. The number of rotatable bonds is 46. The van der Waals surface area contributed by atoms with Crippen LogP contribution in [0.4, 0.5) is 0 Å². The van der Waals surface area contributed by atoms with E-state index in [1.54, 1.807) is 0 Å². The Labute approximate surface area is 360 Å². The number of allylic oxidation sites excluding steroid dienone is 4. The van der Waals surface area contributed by atoms with E-state index in [0.29, 0.717) is 19.3 Å². The second-order valence-electron chi connectivity index (χ2n) is 17.1. The highest BCUT2D eigenvalue weighted by atomic mass is 16.6. The quantitative estimate of drug-likeness (QED) is 0.0263. The van der Waals surface area contributed by atoms with E-state index in [1.807, 2.05) is 0 Å². The first-order chi connectivity index (χ1) is 28.5. The molecule has 0 saturated carbocycles. The smallest absolute Gasteiger partial charge is 0.306 e. The molecule has 0 rings (SSSR count). The first kappa shape index (κ1) is 55.9. The Hall–Kier alpha value is -2.11. The summed E-state index contributed by atoms with van der Waals surface area (Å²) in [6.45, 7) is 6.59. The summed E-state index contributed by atoms with van der Waals surface area (Å²) in [5, 5.41) is 0. The second kappa shape index (κ2) is 47.6. The van der Waals surface area contributed by atoms with Gasteiger partial charge in [-0.2, -0.15) is 0 Å². The molecule has 0 aromatic rings. The lowest BCUT2D eigenvalue weighted by molar-refractivity contribution is -0.167.